The third-order valence-electron chi connectivity index (χ3n) is 3.15. The lowest BCUT2D eigenvalue weighted by Gasteiger charge is -2.11. The highest BCUT2D eigenvalue weighted by Gasteiger charge is 2.18. The Bertz CT molecular complexity index is 845. The fourth-order valence-electron chi connectivity index (χ4n) is 1.99. The van der Waals surface area contributed by atoms with Gasteiger partial charge in [0.2, 0.25) is 6.79 Å². The van der Waals surface area contributed by atoms with Crippen LogP contribution in [0.25, 0.3) is 0 Å². The van der Waals surface area contributed by atoms with Crippen molar-refractivity contribution in [3.63, 3.8) is 0 Å². The summed E-state index contributed by atoms with van der Waals surface area (Å²) in [6.45, 7) is 0.0653. The third-order valence-corrected chi connectivity index (χ3v) is 3.35. The van der Waals surface area contributed by atoms with Gasteiger partial charge in [0.05, 0.1) is 5.69 Å². The van der Waals surface area contributed by atoms with Gasteiger partial charge < -0.3 is 14.8 Å². The molecule has 0 aliphatic carbocycles. The summed E-state index contributed by atoms with van der Waals surface area (Å²) >= 11 is 4.87. The van der Waals surface area contributed by atoms with Gasteiger partial charge in [-0.2, -0.15) is 0 Å². The van der Waals surface area contributed by atoms with Gasteiger partial charge in [-0.05, 0) is 42.5 Å². The molecule has 0 spiro atoms. The Kier molecular flexibility index (Phi) is 4.26. The number of carbonyl (C=O) groups is 1. The van der Waals surface area contributed by atoms with E-state index in [4.69, 9.17) is 21.7 Å². The zero-order chi connectivity index (χ0) is 17.3. The number of rotatable bonds is 2. The Balaban J connectivity index is 1.69. The van der Waals surface area contributed by atoms with Gasteiger partial charge in [-0.15, -0.1) is 0 Å². The molecule has 2 N–H and O–H groups in total. The number of amides is 1. The molecule has 3 rings (SSSR count). The number of nitrogens with one attached hydrogen (secondary N) is 2. The summed E-state index contributed by atoms with van der Waals surface area (Å²) < 4.78 is 49.9. The van der Waals surface area contributed by atoms with Crippen molar-refractivity contribution in [1.29, 1.82) is 0 Å². The first-order valence-corrected chi connectivity index (χ1v) is 7.02. The summed E-state index contributed by atoms with van der Waals surface area (Å²) in [7, 11) is 0. The van der Waals surface area contributed by atoms with Gasteiger partial charge in [0.25, 0.3) is 5.91 Å². The average molecular weight is 354 g/mol. The first-order valence-electron chi connectivity index (χ1n) is 6.61. The van der Waals surface area contributed by atoms with E-state index >= 15 is 0 Å². The predicted molar refractivity (Wildman–Crippen MR) is 82.6 cm³/mol. The number of ether oxygens (including phenoxy) is 2. The van der Waals surface area contributed by atoms with E-state index in [9.17, 15) is 18.0 Å². The first-order chi connectivity index (χ1) is 11.5. The normalized spacial score (nSPS) is 12.0. The molecule has 5 nitrogen and oxygen atoms in total. The molecule has 1 aliphatic rings. The molecule has 0 saturated carbocycles. The largest absolute Gasteiger partial charge is 0.454 e. The fourth-order valence-corrected chi connectivity index (χ4v) is 2.19. The predicted octanol–water partition coefficient (Wildman–Crippen LogP) is 2.96. The van der Waals surface area contributed by atoms with Gasteiger partial charge in [0.1, 0.15) is 0 Å². The van der Waals surface area contributed by atoms with E-state index in [1.807, 2.05) is 0 Å². The molecule has 0 bridgehead atoms. The van der Waals surface area contributed by atoms with E-state index < -0.39 is 29.0 Å². The van der Waals surface area contributed by atoms with Gasteiger partial charge in [-0.1, -0.05) is 0 Å². The van der Waals surface area contributed by atoms with Gasteiger partial charge in [-0.25, -0.2) is 13.2 Å². The van der Waals surface area contributed by atoms with Crippen LogP contribution >= 0.6 is 12.2 Å². The SMILES string of the molecule is O=C(NC(=S)Nc1ccc(F)c(F)c1F)c1ccc2c(c1)OCO2. The van der Waals surface area contributed by atoms with E-state index in [0.29, 0.717) is 11.5 Å². The molecule has 124 valence electrons. The number of fused-ring (bicyclic) bond motifs is 1. The second-order valence-corrected chi connectivity index (χ2v) is 5.11. The van der Waals surface area contributed by atoms with E-state index in [0.717, 1.165) is 12.1 Å². The lowest BCUT2D eigenvalue weighted by atomic mass is 10.2. The van der Waals surface area contributed by atoms with Crippen LogP contribution in [0.4, 0.5) is 18.9 Å². The lowest BCUT2D eigenvalue weighted by Crippen LogP contribution is -2.34. The summed E-state index contributed by atoms with van der Waals surface area (Å²) in [6, 6.07) is 6.21. The number of benzene rings is 2. The first kappa shape index (κ1) is 16.1. The number of carbonyl (C=O) groups excluding carboxylic acids is 1. The zero-order valence-electron chi connectivity index (χ0n) is 11.9. The Labute approximate surface area is 139 Å². The summed E-state index contributed by atoms with van der Waals surface area (Å²) in [5, 5.41) is 4.32. The summed E-state index contributed by atoms with van der Waals surface area (Å²) in [5.74, 6) is -4.06. The standard InChI is InChI=1S/C15H9F3N2O3S/c16-8-2-3-9(13(18)12(8)17)19-15(24)20-14(21)7-1-4-10-11(5-7)23-6-22-10/h1-5H,6H2,(H2,19,20,21,24). The maximum Gasteiger partial charge on any atom is 0.257 e. The van der Waals surface area contributed by atoms with Crippen molar-refractivity contribution in [2.75, 3.05) is 12.1 Å². The molecule has 0 saturated heterocycles. The highest BCUT2D eigenvalue weighted by Crippen LogP contribution is 2.32. The summed E-state index contributed by atoms with van der Waals surface area (Å²) in [6.07, 6.45) is 0. The molecule has 0 radical (unpaired) electrons. The van der Waals surface area contributed by atoms with Gasteiger partial charge in [0.15, 0.2) is 34.1 Å². The van der Waals surface area contributed by atoms with Crippen LogP contribution in [-0.2, 0) is 0 Å². The maximum atomic E-state index is 13.6. The molecular weight excluding hydrogens is 345 g/mol. The molecule has 0 unspecified atom stereocenters. The van der Waals surface area contributed by atoms with Crippen molar-refractivity contribution in [3.05, 3.63) is 53.3 Å². The van der Waals surface area contributed by atoms with Crippen LogP contribution in [0.1, 0.15) is 10.4 Å². The Morgan fingerprint density at radius 2 is 1.79 bits per heavy atom. The van der Waals surface area contributed by atoms with Crippen molar-refractivity contribution in [3.8, 4) is 11.5 Å². The van der Waals surface area contributed by atoms with Crippen molar-refractivity contribution in [1.82, 2.24) is 5.32 Å². The average Bonchev–Trinajstić information content (AvgIpc) is 3.03. The molecule has 0 aromatic heterocycles. The molecule has 9 heteroatoms. The lowest BCUT2D eigenvalue weighted by molar-refractivity contribution is 0.0977. The van der Waals surface area contributed by atoms with Crippen molar-refractivity contribution in [2.24, 2.45) is 0 Å². The van der Waals surface area contributed by atoms with Crippen LogP contribution in [0.2, 0.25) is 0 Å². The minimum atomic E-state index is -1.63. The van der Waals surface area contributed by atoms with Crippen LogP contribution in [0.5, 0.6) is 11.5 Å². The van der Waals surface area contributed by atoms with E-state index in [1.54, 1.807) is 6.07 Å². The Hall–Kier alpha value is -2.81. The summed E-state index contributed by atoms with van der Waals surface area (Å²) in [5.41, 5.74) is -0.168. The zero-order valence-corrected chi connectivity index (χ0v) is 12.7. The molecular formula is C15H9F3N2O3S. The van der Waals surface area contributed by atoms with Crippen molar-refractivity contribution in [2.45, 2.75) is 0 Å². The highest BCUT2D eigenvalue weighted by molar-refractivity contribution is 7.80. The molecule has 1 amide bonds. The van der Waals surface area contributed by atoms with Crippen LogP contribution in [-0.4, -0.2) is 17.8 Å². The Morgan fingerprint density at radius 3 is 2.58 bits per heavy atom. The maximum absolute atomic E-state index is 13.6. The monoisotopic (exact) mass is 354 g/mol. The quantitative estimate of drug-likeness (QED) is 0.641. The number of hydrogen-bond acceptors (Lipinski definition) is 4. The second kappa shape index (κ2) is 6.36. The van der Waals surface area contributed by atoms with Gasteiger partial charge in [0, 0.05) is 5.56 Å². The third kappa shape index (κ3) is 3.11. The second-order valence-electron chi connectivity index (χ2n) is 4.70. The molecule has 2 aromatic carbocycles. The van der Waals surface area contributed by atoms with Gasteiger partial charge >= 0.3 is 0 Å². The summed E-state index contributed by atoms with van der Waals surface area (Å²) in [4.78, 5) is 12.1. The fraction of sp³-hybridized carbons (Fsp3) is 0.0667. The van der Waals surface area contributed by atoms with Crippen molar-refractivity contribution < 1.29 is 27.4 Å². The van der Waals surface area contributed by atoms with Crippen LogP contribution in [0.15, 0.2) is 30.3 Å². The van der Waals surface area contributed by atoms with E-state index in [-0.39, 0.29) is 17.5 Å². The number of anilines is 1. The minimum absolute atomic E-state index is 0.0653. The van der Waals surface area contributed by atoms with Crippen LogP contribution in [0.3, 0.4) is 0 Å². The van der Waals surface area contributed by atoms with Crippen molar-refractivity contribution >= 4 is 28.9 Å². The Morgan fingerprint density at radius 1 is 1.04 bits per heavy atom. The smallest absolute Gasteiger partial charge is 0.257 e. The molecule has 0 fully saturated rings. The molecule has 1 aliphatic heterocycles. The minimum Gasteiger partial charge on any atom is -0.454 e. The molecule has 24 heavy (non-hydrogen) atoms. The molecule has 1 heterocycles. The molecule has 2 aromatic rings. The number of hydrogen-bond donors (Lipinski definition) is 2. The van der Waals surface area contributed by atoms with E-state index in [1.165, 1.54) is 12.1 Å². The van der Waals surface area contributed by atoms with Crippen LogP contribution in [0, 0.1) is 17.5 Å². The highest BCUT2D eigenvalue weighted by atomic mass is 32.1. The number of halogens is 3. The number of thiocarbonyl (C=S) groups is 1. The topological polar surface area (TPSA) is 59.6 Å². The van der Waals surface area contributed by atoms with Crippen LogP contribution < -0.4 is 20.1 Å². The van der Waals surface area contributed by atoms with Gasteiger partial charge in [-0.3, -0.25) is 10.1 Å². The molecule has 0 atom stereocenters. The van der Waals surface area contributed by atoms with E-state index in [2.05, 4.69) is 10.6 Å².